The molecule has 22 heavy (non-hydrogen) atoms. The van der Waals surface area contributed by atoms with Crippen LogP contribution in [0.15, 0.2) is 18.2 Å². The van der Waals surface area contributed by atoms with Gasteiger partial charge in [-0.2, -0.15) is 13.2 Å². The Bertz CT molecular complexity index is 598. The molecule has 2 rings (SSSR count). The van der Waals surface area contributed by atoms with E-state index in [0.29, 0.717) is 6.07 Å². The molecule has 0 spiro atoms. The van der Waals surface area contributed by atoms with Gasteiger partial charge >= 0.3 is 12.1 Å². The first kappa shape index (κ1) is 16.2. The molecule has 1 aromatic rings. The summed E-state index contributed by atoms with van der Waals surface area (Å²) in [7, 11) is 1.07. The van der Waals surface area contributed by atoms with E-state index in [1.54, 1.807) is 0 Å². The summed E-state index contributed by atoms with van der Waals surface area (Å²) in [6.45, 7) is 0.176. The van der Waals surface area contributed by atoms with Gasteiger partial charge in [0.2, 0.25) is 0 Å². The Balaban J connectivity index is 2.27. The second-order valence-corrected chi connectivity index (χ2v) is 4.53. The highest BCUT2D eigenvalue weighted by Gasteiger charge is 2.41. The molecule has 1 N–H and O–H groups in total. The zero-order valence-corrected chi connectivity index (χ0v) is 11.2. The van der Waals surface area contributed by atoms with Crippen LogP contribution in [0, 0.1) is 5.82 Å². The predicted molar refractivity (Wildman–Crippen MR) is 64.4 cm³/mol. The molecule has 1 aromatic carbocycles. The van der Waals surface area contributed by atoms with Crippen molar-refractivity contribution in [3.63, 3.8) is 0 Å². The van der Waals surface area contributed by atoms with Crippen LogP contribution >= 0.6 is 0 Å². The Hall–Kier alpha value is -2.16. The average molecular weight is 321 g/mol. The summed E-state index contributed by atoms with van der Waals surface area (Å²) in [4.78, 5) is 23.5. The number of ether oxygens (including phenoxy) is 2. The normalized spacial score (nSPS) is 18.5. The molecule has 0 aliphatic carbocycles. The number of benzene rings is 1. The molecule has 1 aliphatic rings. The zero-order valence-electron chi connectivity index (χ0n) is 11.2. The maximum absolute atomic E-state index is 13.0. The third kappa shape index (κ3) is 3.53. The molecular formula is C13H11F4NO4. The number of rotatable bonds is 4. The van der Waals surface area contributed by atoms with Gasteiger partial charge in [-0.1, -0.05) is 0 Å². The summed E-state index contributed by atoms with van der Waals surface area (Å²) in [5.41, 5.74) is -2.21. The molecule has 1 amide bonds. The topological polar surface area (TPSA) is 67.9 Å². The van der Waals surface area contributed by atoms with E-state index in [-0.39, 0.29) is 12.7 Å². The number of carbonyl (C=O) groups is 2. The highest BCUT2D eigenvalue weighted by molar-refractivity contribution is 5.98. The predicted octanol–water partition coefficient (Wildman–Crippen LogP) is 1.51. The van der Waals surface area contributed by atoms with Crippen molar-refractivity contribution in [3.05, 3.63) is 35.1 Å². The van der Waals surface area contributed by atoms with Crippen LogP contribution in [0.4, 0.5) is 17.6 Å². The lowest BCUT2D eigenvalue weighted by Gasteiger charge is -2.17. The summed E-state index contributed by atoms with van der Waals surface area (Å²) < 4.78 is 60.9. The van der Waals surface area contributed by atoms with E-state index in [9.17, 15) is 27.2 Å². The van der Waals surface area contributed by atoms with Gasteiger partial charge in [-0.25, -0.2) is 9.18 Å². The highest BCUT2D eigenvalue weighted by atomic mass is 19.4. The van der Waals surface area contributed by atoms with Crippen LogP contribution in [0.3, 0.4) is 0 Å². The van der Waals surface area contributed by atoms with Gasteiger partial charge in [0.1, 0.15) is 11.9 Å². The number of carbonyl (C=O) groups excluding carboxylic acids is 2. The summed E-state index contributed by atoms with van der Waals surface area (Å²) >= 11 is 0. The van der Waals surface area contributed by atoms with E-state index in [2.05, 4.69) is 10.1 Å². The molecule has 2 unspecified atom stereocenters. The molecule has 0 saturated carbocycles. The maximum Gasteiger partial charge on any atom is 0.417 e. The molecule has 1 saturated heterocycles. The van der Waals surface area contributed by atoms with Crippen LogP contribution < -0.4 is 5.32 Å². The van der Waals surface area contributed by atoms with Gasteiger partial charge < -0.3 is 14.8 Å². The van der Waals surface area contributed by atoms with E-state index < -0.39 is 47.1 Å². The number of alkyl halides is 3. The van der Waals surface area contributed by atoms with E-state index in [4.69, 9.17) is 4.74 Å². The smallest absolute Gasteiger partial charge is 0.417 e. The number of epoxide rings is 1. The Kier molecular flexibility index (Phi) is 4.36. The molecule has 0 radical (unpaired) electrons. The van der Waals surface area contributed by atoms with Crippen molar-refractivity contribution in [2.75, 3.05) is 13.7 Å². The van der Waals surface area contributed by atoms with Crippen molar-refractivity contribution in [1.82, 2.24) is 5.32 Å². The minimum absolute atomic E-state index is 0.176. The lowest BCUT2D eigenvalue weighted by Crippen LogP contribution is -2.45. The first-order chi connectivity index (χ1) is 10.2. The van der Waals surface area contributed by atoms with Crippen molar-refractivity contribution >= 4 is 11.9 Å². The highest BCUT2D eigenvalue weighted by Crippen LogP contribution is 2.32. The zero-order chi connectivity index (χ0) is 16.5. The molecule has 5 nitrogen and oxygen atoms in total. The Morgan fingerprint density at radius 3 is 2.55 bits per heavy atom. The van der Waals surface area contributed by atoms with Gasteiger partial charge in [0.15, 0.2) is 6.04 Å². The van der Waals surface area contributed by atoms with Crippen LogP contribution in [-0.2, 0) is 20.4 Å². The molecule has 0 bridgehead atoms. The van der Waals surface area contributed by atoms with Crippen LogP contribution in [0.2, 0.25) is 0 Å². The number of hydrogen-bond acceptors (Lipinski definition) is 4. The van der Waals surface area contributed by atoms with E-state index in [1.165, 1.54) is 0 Å². The van der Waals surface area contributed by atoms with Crippen molar-refractivity contribution in [1.29, 1.82) is 0 Å². The first-order valence-corrected chi connectivity index (χ1v) is 6.11. The Morgan fingerprint density at radius 1 is 1.41 bits per heavy atom. The fourth-order valence-corrected chi connectivity index (χ4v) is 1.85. The monoisotopic (exact) mass is 321 g/mol. The van der Waals surface area contributed by atoms with Gasteiger partial charge in [-0.3, -0.25) is 4.79 Å². The summed E-state index contributed by atoms with van der Waals surface area (Å²) in [6.07, 6.45) is -5.56. The first-order valence-electron chi connectivity index (χ1n) is 6.11. The second-order valence-electron chi connectivity index (χ2n) is 4.53. The van der Waals surface area contributed by atoms with Crippen LogP contribution in [-0.4, -0.2) is 37.7 Å². The number of amides is 1. The SMILES string of the molecule is COC(=O)C(NC(=O)c1ccc(F)cc1C(F)(F)F)C1CO1. The lowest BCUT2D eigenvalue weighted by atomic mass is 10.1. The lowest BCUT2D eigenvalue weighted by molar-refractivity contribution is -0.143. The van der Waals surface area contributed by atoms with E-state index in [1.807, 2.05) is 0 Å². The molecule has 1 heterocycles. The third-order valence-electron chi connectivity index (χ3n) is 3.00. The molecule has 1 fully saturated rings. The molecule has 2 atom stereocenters. The second kappa shape index (κ2) is 5.91. The van der Waals surface area contributed by atoms with Crippen LogP contribution in [0.5, 0.6) is 0 Å². The van der Waals surface area contributed by atoms with Gasteiger partial charge in [0.05, 0.1) is 24.8 Å². The van der Waals surface area contributed by atoms with E-state index in [0.717, 1.165) is 13.2 Å². The molecular weight excluding hydrogens is 310 g/mol. The average Bonchev–Trinajstić information content (AvgIpc) is 3.27. The number of methoxy groups -OCH3 is 1. The number of esters is 1. The standard InChI is InChI=1S/C13H11F4NO4/c1-21-12(20)10(9-5-22-9)18-11(19)7-3-2-6(14)4-8(7)13(15,16)17/h2-4,9-10H,5H2,1H3,(H,18,19). The van der Waals surface area contributed by atoms with Gasteiger partial charge in [-0.15, -0.1) is 0 Å². The van der Waals surface area contributed by atoms with Crippen molar-refractivity contribution in [3.8, 4) is 0 Å². The van der Waals surface area contributed by atoms with E-state index >= 15 is 0 Å². The van der Waals surface area contributed by atoms with Crippen molar-refractivity contribution < 1.29 is 36.6 Å². The van der Waals surface area contributed by atoms with Gasteiger partial charge in [0.25, 0.3) is 5.91 Å². The summed E-state index contributed by atoms with van der Waals surface area (Å²) in [5.74, 6) is -3.14. The number of hydrogen-bond donors (Lipinski definition) is 1. The minimum atomic E-state index is -4.91. The molecule has 120 valence electrons. The third-order valence-corrected chi connectivity index (χ3v) is 3.00. The quantitative estimate of drug-likeness (QED) is 0.519. The van der Waals surface area contributed by atoms with Crippen LogP contribution in [0.1, 0.15) is 15.9 Å². The van der Waals surface area contributed by atoms with Crippen molar-refractivity contribution in [2.45, 2.75) is 18.3 Å². The fraction of sp³-hybridized carbons (Fsp3) is 0.385. The number of nitrogens with one attached hydrogen (secondary N) is 1. The molecule has 9 heteroatoms. The summed E-state index contributed by atoms with van der Waals surface area (Å²) in [5, 5.41) is 2.12. The summed E-state index contributed by atoms with van der Waals surface area (Å²) in [6, 6.07) is 0.430. The Morgan fingerprint density at radius 2 is 2.05 bits per heavy atom. The van der Waals surface area contributed by atoms with Crippen molar-refractivity contribution in [2.24, 2.45) is 0 Å². The minimum Gasteiger partial charge on any atom is -0.467 e. The molecule has 0 aromatic heterocycles. The largest absolute Gasteiger partial charge is 0.467 e. The maximum atomic E-state index is 13.0. The van der Waals surface area contributed by atoms with Gasteiger partial charge in [-0.05, 0) is 18.2 Å². The van der Waals surface area contributed by atoms with Gasteiger partial charge in [0, 0.05) is 0 Å². The molecule has 1 aliphatic heterocycles. The number of halogens is 4. The van der Waals surface area contributed by atoms with Crippen LogP contribution in [0.25, 0.3) is 0 Å². The fourth-order valence-electron chi connectivity index (χ4n) is 1.85. The Labute approximate surface area is 122 Å².